The summed E-state index contributed by atoms with van der Waals surface area (Å²) in [7, 11) is 0. The van der Waals surface area contributed by atoms with Crippen molar-refractivity contribution in [3.05, 3.63) is 35.2 Å². The zero-order valence-electron chi connectivity index (χ0n) is 14.7. The van der Waals surface area contributed by atoms with Crippen LogP contribution in [0, 0.1) is 18.3 Å². The molecule has 0 radical (unpaired) electrons. The van der Waals surface area contributed by atoms with E-state index in [2.05, 4.69) is 26.1 Å². The van der Waals surface area contributed by atoms with Gasteiger partial charge in [0, 0.05) is 44.0 Å². The van der Waals surface area contributed by atoms with Crippen molar-refractivity contribution in [2.24, 2.45) is 5.73 Å². The normalized spacial score (nSPS) is 15.0. The fourth-order valence-corrected chi connectivity index (χ4v) is 3.37. The summed E-state index contributed by atoms with van der Waals surface area (Å²) < 4.78 is 0. The second kappa shape index (κ2) is 7.56. The summed E-state index contributed by atoms with van der Waals surface area (Å²) in [6.07, 6.45) is 0. The molecule has 3 rings (SSSR count). The van der Waals surface area contributed by atoms with Crippen LogP contribution < -0.4 is 10.6 Å². The van der Waals surface area contributed by atoms with E-state index in [4.69, 9.17) is 10.8 Å². The summed E-state index contributed by atoms with van der Waals surface area (Å²) in [5.41, 5.74) is 9.11. The molecule has 0 saturated carbocycles. The fourth-order valence-electron chi connectivity index (χ4n) is 3.37. The number of benzene rings is 1. The molecule has 4 N–H and O–H groups in total. The summed E-state index contributed by atoms with van der Waals surface area (Å²) in [4.78, 5) is 16.0. The number of H-pyrrole nitrogens is 1. The number of piperazine rings is 1. The smallest absolute Gasteiger partial charge is 0.269 e. The molecule has 8 nitrogen and oxygen atoms in total. The number of nitrogens with one attached hydrogen (secondary N) is 1. The average molecular weight is 354 g/mol. The second-order valence-electron chi connectivity index (χ2n) is 6.33. The predicted octanol–water partition coefficient (Wildman–Crippen LogP) is 0.470. The van der Waals surface area contributed by atoms with E-state index in [0.717, 1.165) is 43.1 Å². The molecule has 0 aliphatic carbocycles. The lowest BCUT2D eigenvalue weighted by Gasteiger charge is -2.36. The number of aliphatic hydroxyl groups is 1. The van der Waals surface area contributed by atoms with Crippen molar-refractivity contribution >= 4 is 11.6 Å². The molecule has 1 aliphatic heterocycles. The Morgan fingerprint density at radius 3 is 2.73 bits per heavy atom. The number of anilines is 1. The van der Waals surface area contributed by atoms with Gasteiger partial charge in [0.15, 0.2) is 5.69 Å². The van der Waals surface area contributed by atoms with Crippen LogP contribution >= 0.6 is 0 Å². The summed E-state index contributed by atoms with van der Waals surface area (Å²) in [6.45, 7) is 5.93. The lowest BCUT2D eigenvalue weighted by Crippen LogP contribution is -2.47. The van der Waals surface area contributed by atoms with Gasteiger partial charge in [-0.25, -0.2) is 0 Å². The van der Waals surface area contributed by atoms with E-state index in [1.165, 1.54) is 0 Å². The predicted molar refractivity (Wildman–Crippen MR) is 97.7 cm³/mol. The molecule has 0 unspecified atom stereocenters. The average Bonchev–Trinajstić information content (AvgIpc) is 3.04. The number of aryl methyl sites for hydroxylation is 1. The first-order valence-corrected chi connectivity index (χ1v) is 8.52. The molecule has 1 fully saturated rings. The molecule has 8 heteroatoms. The highest BCUT2D eigenvalue weighted by atomic mass is 16.3. The van der Waals surface area contributed by atoms with Crippen LogP contribution in [-0.2, 0) is 0 Å². The monoisotopic (exact) mass is 354 g/mol. The van der Waals surface area contributed by atoms with Crippen LogP contribution in [0.2, 0.25) is 0 Å². The van der Waals surface area contributed by atoms with Crippen LogP contribution in [0.3, 0.4) is 0 Å². The van der Waals surface area contributed by atoms with Crippen molar-refractivity contribution in [3.63, 3.8) is 0 Å². The largest absolute Gasteiger partial charge is 0.395 e. The number of nitrogens with two attached hydrogens (primary N) is 1. The molecule has 1 aliphatic rings. The van der Waals surface area contributed by atoms with Gasteiger partial charge in [-0.2, -0.15) is 10.4 Å². The van der Waals surface area contributed by atoms with Gasteiger partial charge in [-0.05, 0) is 24.6 Å². The SMILES string of the molecule is Cc1[nH]nc(C(N)=O)c1-c1ccc(N2CCN(CCO)CC2)c(C#N)c1. The maximum Gasteiger partial charge on any atom is 0.269 e. The lowest BCUT2D eigenvalue weighted by molar-refractivity contribution is 0.0996. The first-order valence-electron chi connectivity index (χ1n) is 8.52. The zero-order chi connectivity index (χ0) is 18.7. The third kappa shape index (κ3) is 3.40. The first kappa shape index (κ1) is 17.9. The van der Waals surface area contributed by atoms with E-state index >= 15 is 0 Å². The number of primary amides is 1. The number of rotatable bonds is 5. The molecule has 0 atom stereocenters. The Hall–Kier alpha value is -2.89. The maximum absolute atomic E-state index is 11.6. The Morgan fingerprint density at radius 2 is 2.12 bits per heavy atom. The third-order valence-electron chi connectivity index (χ3n) is 4.72. The number of aromatic amines is 1. The van der Waals surface area contributed by atoms with Crippen LogP contribution in [0.1, 0.15) is 21.7 Å². The van der Waals surface area contributed by atoms with Crippen molar-refractivity contribution in [2.75, 3.05) is 44.2 Å². The molecule has 2 heterocycles. The van der Waals surface area contributed by atoms with E-state index in [9.17, 15) is 10.1 Å². The lowest BCUT2D eigenvalue weighted by atomic mass is 9.99. The maximum atomic E-state index is 11.6. The molecule has 1 amide bonds. The Labute approximate surface area is 151 Å². The molecule has 2 aromatic rings. The van der Waals surface area contributed by atoms with Crippen LogP contribution in [0.4, 0.5) is 5.69 Å². The van der Waals surface area contributed by atoms with E-state index in [1.54, 1.807) is 6.07 Å². The van der Waals surface area contributed by atoms with Crippen molar-refractivity contribution < 1.29 is 9.90 Å². The molecule has 0 spiro atoms. The Kier molecular flexibility index (Phi) is 5.21. The highest BCUT2D eigenvalue weighted by Crippen LogP contribution is 2.31. The highest BCUT2D eigenvalue weighted by Gasteiger charge is 2.21. The standard InChI is InChI=1S/C18H22N6O2/c1-12-16(17(18(20)26)22-21-12)13-2-3-15(14(10-13)11-19)24-6-4-23(5-7-24)8-9-25/h2-3,10,25H,4-9H2,1H3,(H2,20,26)(H,21,22). The number of nitriles is 1. The topological polar surface area (TPSA) is 122 Å². The minimum Gasteiger partial charge on any atom is -0.395 e. The van der Waals surface area contributed by atoms with Gasteiger partial charge in [-0.1, -0.05) is 6.07 Å². The van der Waals surface area contributed by atoms with E-state index in [0.29, 0.717) is 17.7 Å². The number of carbonyl (C=O) groups is 1. The second-order valence-corrected chi connectivity index (χ2v) is 6.33. The van der Waals surface area contributed by atoms with Crippen molar-refractivity contribution in [1.29, 1.82) is 5.26 Å². The van der Waals surface area contributed by atoms with E-state index in [1.807, 2.05) is 19.1 Å². The van der Waals surface area contributed by atoms with Crippen LogP contribution in [0.25, 0.3) is 11.1 Å². The number of carbonyl (C=O) groups excluding carboxylic acids is 1. The fraction of sp³-hybridized carbons (Fsp3) is 0.389. The van der Waals surface area contributed by atoms with Crippen LogP contribution in [0.15, 0.2) is 18.2 Å². The summed E-state index contributed by atoms with van der Waals surface area (Å²) in [6, 6.07) is 7.83. The molecule has 136 valence electrons. The zero-order valence-corrected chi connectivity index (χ0v) is 14.7. The minimum absolute atomic E-state index is 0.157. The quantitative estimate of drug-likeness (QED) is 0.717. The highest BCUT2D eigenvalue weighted by molar-refractivity contribution is 5.98. The number of hydrogen-bond acceptors (Lipinski definition) is 6. The summed E-state index contributed by atoms with van der Waals surface area (Å²) >= 11 is 0. The van der Waals surface area contributed by atoms with Gasteiger partial charge in [0.25, 0.3) is 5.91 Å². The molecule has 0 bridgehead atoms. The van der Waals surface area contributed by atoms with Gasteiger partial charge in [-0.15, -0.1) is 0 Å². The molecular weight excluding hydrogens is 332 g/mol. The molecule has 1 saturated heterocycles. The van der Waals surface area contributed by atoms with Gasteiger partial charge in [0.1, 0.15) is 6.07 Å². The minimum atomic E-state index is -0.605. The number of hydrogen-bond donors (Lipinski definition) is 3. The van der Waals surface area contributed by atoms with Crippen LogP contribution in [-0.4, -0.2) is 65.4 Å². The Morgan fingerprint density at radius 1 is 1.38 bits per heavy atom. The van der Waals surface area contributed by atoms with Crippen molar-refractivity contribution in [1.82, 2.24) is 15.1 Å². The molecular formula is C18H22N6O2. The Bertz CT molecular complexity index is 846. The molecule has 26 heavy (non-hydrogen) atoms. The summed E-state index contributed by atoms with van der Waals surface area (Å²) in [5, 5.41) is 25.4. The van der Waals surface area contributed by atoms with Crippen molar-refractivity contribution in [3.8, 4) is 17.2 Å². The number of aromatic nitrogens is 2. The van der Waals surface area contributed by atoms with E-state index < -0.39 is 5.91 Å². The third-order valence-corrected chi connectivity index (χ3v) is 4.72. The van der Waals surface area contributed by atoms with Gasteiger partial charge in [-0.3, -0.25) is 14.8 Å². The number of nitrogens with zero attached hydrogens (tertiary/aromatic N) is 4. The van der Waals surface area contributed by atoms with Gasteiger partial charge < -0.3 is 15.7 Å². The van der Waals surface area contributed by atoms with Crippen molar-refractivity contribution in [2.45, 2.75) is 6.92 Å². The van der Waals surface area contributed by atoms with Gasteiger partial charge in [0.2, 0.25) is 0 Å². The van der Waals surface area contributed by atoms with E-state index in [-0.39, 0.29) is 12.3 Å². The first-order chi connectivity index (χ1) is 12.5. The van der Waals surface area contributed by atoms with Gasteiger partial charge in [0.05, 0.1) is 17.9 Å². The number of β-amino-alcohol motifs (C(OH)–C–C–N with tert-alkyl or cyclic N) is 1. The van der Waals surface area contributed by atoms with Crippen LogP contribution in [0.5, 0.6) is 0 Å². The molecule has 1 aromatic carbocycles. The number of aliphatic hydroxyl groups excluding tert-OH is 1. The number of amides is 1. The Balaban J connectivity index is 1.89. The van der Waals surface area contributed by atoms with Gasteiger partial charge >= 0.3 is 0 Å². The summed E-state index contributed by atoms with van der Waals surface area (Å²) in [5.74, 6) is -0.605. The molecule has 1 aromatic heterocycles.